The smallest absolute Gasteiger partial charge is 0.342 e. The van der Waals surface area contributed by atoms with E-state index in [1.807, 2.05) is 30.3 Å². The molecule has 0 atom stereocenters. The van der Waals surface area contributed by atoms with E-state index in [0.717, 1.165) is 36.3 Å². The predicted octanol–water partition coefficient (Wildman–Crippen LogP) is 5.14. The van der Waals surface area contributed by atoms with Crippen LogP contribution in [0.2, 0.25) is 0 Å². The molecule has 9 nitrogen and oxygen atoms in total. The minimum absolute atomic E-state index is 0.0595. The van der Waals surface area contributed by atoms with Crippen molar-refractivity contribution in [1.82, 2.24) is 15.1 Å². The number of carbonyl (C=O) groups excluding carboxylic acids is 2. The quantitative estimate of drug-likeness (QED) is 0.333. The fraction of sp³-hybridized carbons (Fsp3) is 0.222. The summed E-state index contributed by atoms with van der Waals surface area (Å²) in [7, 11) is 1.61. The molecule has 36 heavy (non-hydrogen) atoms. The second kappa shape index (κ2) is 9.99. The molecule has 184 valence electrons. The van der Waals surface area contributed by atoms with Crippen molar-refractivity contribution < 1.29 is 23.8 Å². The number of hydrogen-bond acceptors (Lipinski definition) is 6. The van der Waals surface area contributed by atoms with E-state index in [2.05, 4.69) is 15.7 Å². The lowest BCUT2D eigenvalue weighted by atomic mass is 9.82. The Labute approximate surface area is 207 Å². The standard InChI is InChI=1S/C27H26N4O5/c1-35-20-10-7-17(8-11-20)16-28-27(34)31-23(18-4-2-5-18)15-22(30-31)21-12-9-19(14-24(21)32)29-26(33)25-6-3-13-36-25/h3,6-15,18,32H,2,4-5,16H2,1H3,(H,28,34)(H,29,33). The van der Waals surface area contributed by atoms with Crippen molar-refractivity contribution in [3.05, 3.63) is 83.9 Å². The van der Waals surface area contributed by atoms with Crippen LogP contribution in [0.1, 0.15) is 47.0 Å². The van der Waals surface area contributed by atoms with Crippen LogP contribution in [0, 0.1) is 0 Å². The maximum Gasteiger partial charge on any atom is 0.342 e. The van der Waals surface area contributed by atoms with Crippen molar-refractivity contribution in [3.8, 4) is 22.8 Å². The van der Waals surface area contributed by atoms with Crippen LogP contribution in [0.15, 0.2) is 71.3 Å². The number of nitrogens with zero attached hydrogens (tertiary/aromatic N) is 2. The van der Waals surface area contributed by atoms with E-state index in [1.54, 1.807) is 31.4 Å². The molecule has 9 heteroatoms. The maximum atomic E-state index is 13.1. The Morgan fingerprint density at radius 2 is 1.94 bits per heavy atom. The summed E-state index contributed by atoms with van der Waals surface area (Å²) < 4.78 is 11.7. The molecule has 0 aliphatic heterocycles. The number of rotatable bonds is 7. The van der Waals surface area contributed by atoms with Gasteiger partial charge in [-0.1, -0.05) is 18.6 Å². The van der Waals surface area contributed by atoms with E-state index in [9.17, 15) is 14.7 Å². The summed E-state index contributed by atoms with van der Waals surface area (Å²) in [6.45, 7) is 0.345. The first-order valence-electron chi connectivity index (χ1n) is 11.7. The van der Waals surface area contributed by atoms with Crippen LogP contribution >= 0.6 is 0 Å². The first-order chi connectivity index (χ1) is 17.5. The fourth-order valence-corrected chi connectivity index (χ4v) is 4.11. The van der Waals surface area contributed by atoms with Crippen molar-refractivity contribution in [3.63, 3.8) is 0 Å². The number of benzene rings is 2. The molecule has 0 radical (unpaired) electrons. The van der Waals surface area contributed by atoms with Gasteiger partial charge in [0.2, 0.25) is 0 Å². The van der Waals surface area contributed by atoms with Gasteiger partial charge in [-0.2, -0.15) is 9.78 Å². The normalized spacial score (nSPS) is 13.1. The van der Waals surface area contributed by atoms with E-state index in [-0.39, 0.29) is 23.5 Å². The lowest BCUT2D eigenvalue weighted by Crippen LogP contribution is -2.31. The molecule has 0 saturated heterocycles. The molecule has 3 N–H and O–H groups in total. The molecular weight excluding hydrogens is 460 g/mol. The number of phenols is 1. The van der Waals surface area contributed by atoms with Gasteiger partial charge in [-0.05, 0) is 60.9 Å². The third kappa shape index (κ3) is 4.81. The summed E-state index contributed by atoms with van der Waals surface area (Å²) >= 11 is 0. The number of nitrogens with one attached hydrogen (secondary N) is 2. The number of hydrogen-bond donors (Lipinski definition) is 3. The van der Waals surface area contributed by atoms with E-state index < -0.39 is 5.91 Å². The summed E-state index contributed by atoms with van der Waals surface area (Å²) in [5.41, 5.74) is 3.12. The molecule has 1 aliphatic rings. The summed E-state index contributed by atoms with van der Waals surface area (Å²) in [6, 6.07) is 17.0. The van der Waals surface area contributed by atoms with Crippen LogP contribution in [0.4, 0.5) is 10.5 Å². The molecule has 0 spiro atoms. The average molecular weight is 487 g/mol. The first-order valence-corrected chi connectivity index (χ1v) is 11.7. The SMILES string of the molecule is COc1ccc(CNC(=O)n2nc(-c3ccc(NC(=O)c4ccco4)cc3O)cc2C2CCC2)cc1. The number of furan rings is 1. The number of aromatic hydroxyl groups is 1. The van der Waals surface area contributed by atoms with Gasteiger partial charge in [-0.25, -0.2) is 4.79 Å². The highest BCUT2D eigenvalue weighted by atomic mass is 16.5. The zero-order chi connectivity index (χ0) is 25.1. The lowest BCUT2D eigenvalue weighted by Gasteiger charge is -2.25. The van der Waals surface area contributed by atoms with Gasteiger partial charge in [0.05, 0.1) is 24.8 Å². The Kier molecular flexibility index (Phi) is 6.44. The summed E-state index contributed by atoms with van der Waals surface area (Å²) in [5.74, 6) is 0.684. The molecule has 0 bridgehead atoms. The molecular formula is C27H26N4O5. The molecule has 5 rings (SSSR count). The lowest BCUT2D eigenvalue weighted by molar-refractivity contribution is 0.0996. The van der Waals surface area contributed by atoms with E-state index in [1.165, 1.54) is 17.0 Å². The Morgan fingerprint density at radius 3 is 2.58 bits per heavy atom. The summed E-state index contributed by atoms with van der Waals surface area (Å²) in [4.78, 5) is 25.3. The van der Waals surface area contributed by atoms with Crippen molar-refractivity contribution in [2.75, 3.05) is 12.4 Å². The Hall–Kier alpha value is -4.53. The molecule has 2 amide bonds. The van der Waals surface area contributed by atoms with Gasteiger partial charge >= 0.3 is 6.03 Å². The molecule has 1 saturated carbocycles. The summed E-state index contributed by atoms with van der Waals surface area (Å²) in [6.07, 6.45) is 4.49. The highest BCUT2D eigenvalue weighted by Gasteiger charge is 2.27. The molecule has 2 aromatic heterocycles. The topological polar surface area (TPSA) is 119 Å². The zero-order valence-corrected chi connectivity index (χ0v) is 19.7. The fourth-order valence-electron chi connectivity index (χ4n) is 4.11. The Morgan fingerprint density at radius 1 is 1.14 bits per heavy atom. The number of carbonyl (C=O) groups is 2. The van der Waals surface area contributed by atoms with Crippen molar-refractivity contribution in [1.29, 1.82) is 0 Å². The van der Waals surface area contributed by atoms with Gasteiger partial charge in [0.1, 0.15) is 11.5 Å². The molecule has 0 unspecified atom stereocenters. The van der Waals surface area contributed by atoms with Gasteiger partial charge in [0.15, 0.2) is 5.76 Å². The number of methoxy groups -OCH3 is 1. The second-order valence-electron chi connectivity index (χ2n) is 8.66. The zero-order valence-electron chi connectivity index (χ0n) is 19.7. The minimum Gasteiger partial charge on any atom is -0.507 e. The molecule has 1 aliphatic carbocycles. The van der Waals surface area contributed by atoms with E-state index in [0.29, 0.717) is 23.5 Å². The molecule has 2 aromatic carbocycles. The molecule has 1 fully saturated rings. The molecule has 2 heterocycles. The van der Waals surface area contributed by atoms with Crippen LogP contribution < -0.4 is 15.4 Å². The number of phenolic OH excluding ortho intramolecular Hbond substituents is 1. The van der Waals surface area contributed by atoms with Crippen molar-refractivity contribution in [2.45, 2.75) is 31.7 Å². The van der Waals surface area contributed by atoms with E-state index >= 15 is 0 Å². The van der Waals surface area contributed by atoms with Gasteiger partial charge in [0, 0.05) is 29.8 Å². The number of aromatic nitrogens is 2. The van der Waals surface area contributed by atoms with Crippen LogP contribution in [0.25, 0.3) is 11.3 Å². The van der Waals surface area contributed by atoms with Gasteiger partial charge in [0.25, 0.3) is 5.91 Å². The van der Waals surface area contributed by atoms with Crippen LogP contribution in [-0.4, -0.2) is 33.9 Å². The predicted molar refractivity (Wildman–Crippen MR) is 133 cm³/mol. The van der Waals surface area contributed by atoms with Gasteiger partial charge < -0.3 is 24.9 Å². The first kappa shape index (κ1) is 23.2. The van der Waals surface area contributed by atoms with Gasteiger partial charge in [-0.3, -0.25) is 4.79 Å². The number of anilines is 1. The largest absolute Gasteiger partial charge is 0.507 e. The monoisotopic (exact) mass is 486 g/mol. The molecule has 4 aromatic rings. The van der Waals surface area contributed by atoms with Crippen LogP contribution in [-0.2, 0) is 6.54 Å². The number of amides is 2. The van der Waals surface area contributed by atoms with E-state index in [4.69, 9.17) is 9.15 Å². The highest BCUT2D eigenvalue weighted by Crippen LogP contribution is 2.39. The highest BCUT2D eigenvalue weighted by molar-refractivity contribution is 6.02. The average Bonchev–Trinajstić information content (AvgIpc) is 3.53. The number of ether oxygens (including phenoxy) is 1. The summed E-state index contributed by atoms with van der Waals surface area (Å²) in [5, 5.41) is 20.8. The Bertz CT molecular complexity index is 1370. The maximum absolute atomic E-state index is 13.1. The van der Waals surface area contributed by atoms with Crippen LogP contribution in [0.5, 0.6) is 11.5 Å². The van der Waals surface area contributed by atoms with Crippen molar-refractivity contribution >= 4 is 17.6 Å². The second-order valence-corrected chi connectivity index (χ2v) is 8.66. The minimum atomic E-state index is -0.419. The van der Waals surface area contributed by atoms with Crippen LogP contribution in [0.3, 0.4) is 0 Å². The third-order valence-electron chi connectivity index (χ3n) is 6.33. The Balaban J connectivity index is 1.35. The third-order valence-corrected chi connectivity index (χ3v) is 6.33. The van der Waals surface area contributed by atoms with Gasteiger partial charge in [-0.15, -0.1) is 0 Å². The van der Waals surface area contributed by atoms with Crippen molar-refractivity contribution in [2.24, 2.45) is 0 Å².